The molecule has 5 nitrogen and oxygen atoms in total. The van der Waals surface area contributed by atoms with Crippen LogP contribution in [0.1, 0.15) is 37.7 Å². The van der Waals surface area contributed by atoms with E-state index in [1.54, 1.807) is 24.3 Å². The van der Waals surface area contributed by atoms with Gasteiger partial charge >= 0.3 is 11.8 Å². The molecule has 0 bridgehead atoms. The number of rotatable bonds is 4. The maximum absolute atomic E-state index is 11.7. The summed E-state index contributed by atoms with van der Waals surface area (Å²) in [5, 5.41) is 14.6. The van der Waals surface area contributed by atoms with Crippen LogP contribution in [0.3, 0.4) is 0 Å². The second-order valence-corrected chi connectivity index (χ2v) is 5.48. The molecule has 1 aliphatic carbocycles. The van der Waals surface area contributed by atoms with E-state index in [0.717, 1.165) is 31.2 Å². The summed E-state index contributed by atoms with van der Waals surface area (Å²) >= 11 is 0. The van der Waals surface area contributed by atoms with Crippen LogP contribution in [-0.4, -0.2) is 29.5 Å². The molecule has 0 atom stereocenters. The van der Waals surface area contributed by atoms with Gasteiger partial charge in [0, 0.05) is 12.6 Å². The Morgan fingerprint density at radius 1 is 1.05 bits per heavy atom. The number of phenols is 1. The quantitative estimate of drug-likeness (QED) is 0.735. The minimum atomic E-state index is -0.570. The molecule has 1 fully saturated rings. The van der Waals surface area contributed by atoms with Gasteiger partial charge in [0.05, 0.1) is 0 Å². The van der Waals surface area contributed by atoms with E-state index in [-0.39, 0.29) is 11.8 Å². The first-order chi connectivity index (χ1) is 10.1. The lowest BCUT2D eigenvalue weighted by atomic mass is 9.95. The normalized spacial score (nSPS) is 15.4. The number of nitrogens with one attached hydrogen (secondary N) is 2. The van der Waals surface area contributed by atoms with E-state index in [2.05, 4.69) is 10.6 Å². The van der Waals surface area contributed by atoms with Crippen molar-refractivity contribution in [2.75, 3.05) is 6.54 Å². The van der Waals surface area contributed by atoms with Crippen molar-refractivity contribution < 1.29 is 14.7 Å². The van der Waals surface area contributed by atoms with Crippen molar-refractivity contribution in [3.05, 3.63) is 29.8 Å². The van der Waals surface area contributed by atoms with Crippen LogP contribution in [0, 0.1) is 0 Å². The van der Waals surface area contributed by atoms with Crippen LogP contribution in [0.5, 0.6) is 5.75 Å². The lowest BCUT2D eigenvalue weighted by molar-refractivity contribution is -0.139. The molecule has 5 heteroatoms. The smallest absolute Gasteiger partial charge is 0.309 e. The highest BCUT2D eigenvalue weighted by Crippen LogP contribution is 2.17. The van der Waals surface area contributed by atoms with Gasteiger partial charge in [-0.2, -0.15) is 0 Å². The van der Waals surface area contributed by atoms with Crippen LogP contribution in [0.15, 0.2) is 24.3 Å². The number of phenolic OH excluding ortho intramolecular Hbond substituents is 1. The molecule has 21 heavy (non-hydrogen) atoms. The Hall–Kier alpha value is -2.04. The second kappa shape index (κ2) is 7.67. The Bertz CT molecular complexity index is 479. The molecule has 0 spiro atoms. The summed E-state index contributed by atoms with van der Waals surface area (Å²) in [6.07, 6.45) is 6.01. The van der Waals surface area contributed by atoms with Gasteiger partial charge in [-0.05, 0) is 37.0 Å². The molecule has 0 radical (unpaired) electrons. The second-order valence-electron chi connectivity index (χ2n) is 5.48. The Morgan fingerprint density at radius 3 is 2.38 bits per heavy atom. The molecule has 114 valence electrons. The van der Waals surface area contributed by atoms with Crippen molar-refractivity contribution >= 4 is 11.8 Å². The van der Waals surface area contributed by atoms with Crippen LogP contribution in [0.4, 0.5) is 0 Å². The summed E-state index contributed by atoms with van der Waals surface area (Å²) in [7, 11) is 0. The molecule has 0 unspecified atom stereocenters. The zero-order valence-corrected chi connectivity index (χ0v) is 12.1. The molecular weight excluding hydrogens is 268 g/mol. The first-order valence-corrected chi connectivity index (χ1v) is 7.52. The van der Waals surface area contributed by atoms with Crippen LogP contribution in [0.25, 0.3) is 0 Å². The predicted octanol–water partition coefficient (Wildman–Crippen LogP) is 1.50. The third-order valence-corrected chi connectivity index (χ3v) is 3.78. The fourth-order valence-electron chi connectivity index (χ4n) is 2.56. The topological polar surface area (TPSA) is 78.4 Å². The van der Waals surface area contributed by atoms with E-state index < -0.39 is 11.8 Å². The molecule has 0 aromatic heterocycles. The fourth-order valence-corrected chi connectivity index (χ4v) is 2.56. The first-order valence-electron chi connectivity index (χ1n) is 7.52. The third-order valence-electron chi connectivity index (χ3n) is 3.78. The monoisotopic (exact) mass is 290 g/mol. The lowest BCUT2D eigenvalue weighted by Gasteiger charge is -2.22. The van der Waals surface area contributed by atoms with Gasteiger partial charge in [0.25, 0.3) is 0 Å². The van der Waals surface area contributed by atoms with Crippen molar-refractivity contribution in [3.63, 3.8) is 0 Å². The van der Waals surface area contributed by atoms with E-state index in [1.165, 1.54) is 6.42 Å². The molecule has 3 N–H and O–H groups in total. The molecule has 0 heterocycles. The molecule has 2 rings (SSSR count). The molecule has 0 saturated heterocycles. The Morgan fingerprint density at radius 2 is 1.71 bits per heavy atom. The molecule has 2 amide bonds. The van der Waals surface area contributed by atoms with Gasteiger partial charge in [-0.1, -0.05) is 31.4 Å². The molecule has 1 aliphatic rings. The maximum Gasteiger partial charge on any atom is 0.309 e. The van der Waals surface area contributed by atoms with Crippen molar-refractivity contribution in [1.82, 2.24) is 10.6 Å². The zero-order chi connectivity index (χ0) is 15.1. The van der Waals surface area contributed by atoms with Crippen LogP contribution < -0.4 is 10.6 Å². The summed E-state index contributed by atoms with van der Waals surface area (Å²) in [4.78, 5) is 23.4. The predicted molar refractivity (Wildman–Crippen MR) is 79.8 cm³/mol. The summed E-state index contributed by atoms with van der Waals surface area (Å²) in [6, 6.07) is 6.95. The number of benzene rings is 1. The van der Waals surface area contributed by atoms with Crippen LogP contribution in [0.2, 0.25) is 0 Å². The van der Waals surface area contributed by atoms with Crippen LogP contribution >= 0.6 is 0 Å². The molecule has 1 aromatic carbocycles. The van der Waals surface area contributed by atoms with E-state index in [4.69, 9.17) is 0 Å². The first kappa shape index (κ1) is 15.4. The number of hydrogen-bond acceptors (Lipinski definition) is 3. The molecule has 0 aliphatic heterocycles. The standard InChI is InChI=1S/C16H22N2O3/c19-14-8-6-12(7-9-14)10-11-17-15(20)16(21)18-13-4-2-1-3-5-13/h6-9,13,19H,1-5,10-11H2,(H,17,20)(H,18,21). The van der Waals surface area contributed by atoms with Crippen molar-refractivity contribution in [2.45, 2.75) is 44.6 Å². The highest BCUT2D eigenvalue weighted by Gasteiger charge is 2.19. The number of carbonyl (C=O) groups is 2. The van der Waals surface area contributed by atoms with E-state index in [1.807, 2.05) is 0 Å². The van der Waals surface area contributed by atoms with Gasteiger partial charge in [-0.25, -0.2) is 0 Å². The summed E-state index contributed by atoms with van der Waals surface area (Å²) < 4.78 is 0. The van der Waals surface area contributed by atoms with Crippen molar-refractivity contribution in [1.29, 1.82) is 0 Å². The summed E-state index contributed by atoms with van der Waals surface area (Å²) in [5.41, 5.74) is 1.00. The number of carbonyl (C=O) groups excluding carboxylic acids is 2. The Labute approximate surface area is 124 Å². The average molecular weight is 290 g/mol. The minimum absolute atomic E-state index is 0.147. The number of aromatic hydroxyl groups is 1. The summed E-state index contributed by atoms with van der Waals surface area (Å²) in [5.74, 6) is -0.887. The van der Waals surface area contributed by atoms with Crippen LogP contribution in [-0.2, 0) is 16.0 Å². The van der Waals surface area contributed by atoms with Crippen molar-refractivity contribution in [2.24, 2.45) is 0 Å². The van der Waals surface area contributed by atoms with E-state index in [9.17, 15) is 14.7 Å². The summed E-state index contributed by atoms with van der Waals surface area (Å²) in [6.45, 7) is 0.404. The van der Waals surface area contributed by atoms with Gasteiger partial charge in [0.1, 0.15) is 5.75 Å². The molecular formula is C16H22N2O3. The average Bonchev–Trinajstić information content (AvgIpc) is 2.50. The van der Waals surface area contributed by atoms with E-state index in [0.29, 0.717) is 13.0 Å². The SMILES string of the molecule is O=C(NCCc1ccc(O)cc1)C(=O)NC1CCCCC1. The van der Waals surface area contributed by atoms with Crippen molar-refractivity contribution in [3.8, 4) is 5.75 Å². The van der Waals surface area contributed by atoms with Gasteiger partial charge < -0.3 is 15.7 Å². The lowest BCUT2D eigenvalue weighted by Crippen LogP contribution is -2.45. The maximum atomic E-state index is 11.7. The zero-order valence-electron chi connectivity index (χ0n) is 12.1. The largest absolute Gasteiger partial charge is 0.508 e. The minimum Gasteiger partial charge on any atom is -0.508 e. The van der Waals surface area contributed by atoms with Gasteiger partial charge in [-0.3, -0.25) is 9.59 Å². The number of hydrogen-bond donors (Lipinski definition) is 3. The Balaban J connectivity index is 1.68. The molecule has 1 saturated carbocycles. The number of amides is 2. The van der Waals surface area contributed by atoms with Gasteiger partial charge in [0.15, 0.2) is 0 Å². The van der Waals surface area contributed by atoms with Gasteiger partial charge in [-0.15, -0.1) is 0 Å². The van der Waals surface area contributed by atoms with Gasteiger partial charge in [0.2, 0.25) is 0 Å². The highest BCUT2D eigenvalue weighted by molar-refractivity contribution is 6.35. The highest BCUT2D eigenvalue weighted by atomic mass is 16.3. The fraction of sp³-hybridized carbons (Fsp3) is 0.500. The molecule has 1 aromatic rings. The Kier molecular flexibility index (Phi) is 5.60. The third kappa shape index (κ3) is 5.10. The van der Waals surface area contributed by atoms with E-state index >= 15 is 0 Å².